The van der Waals surface area contributed by atoms with Gasteiger partial charge in [-0.25, -0.2) is 0 Å². The molecule has 0 saturated heterocycles. The number of Topliss-reactive ketones (excluding diaryl/α,β-unsaturated/α-hetero) is 1. The van der Waals surface area contributed by atoms with E-state index in [1.807, 2.05) is 20.8 Å². The lowest BCUT2D eigenvalue weighted by Gasteiger charge is -2.21. The molecule has 0 N–H and O–H groups in total. The van der Waals surface area contributed by atoms with E-state index in [2.05, 4.69) is 0 Å². The Balaban J connectivity index is 3.76. The van der Waals surface area contributed by atoms with Gasteiger partial charge in [-0.15, -0.1) is 0 Å². The maximum atomic E-state index is 11.0. The summed E-state index contributed by atoms with van der Waals surface area (Å²) in [5.41, 5.74) is 0.00640. The highest BCUT2D eigenvalue weighted by Crippen LogP contribution is 2.19. The van der Waals surface area contributed by atoms with Gasteiger partial charge in [-0.3, -0.25) is 9.59 Å². The number of hydrogen-bond donors (Lipinski definition) is 0. The van der Waals surface area contributed by atoms with Crippen LogP contribution in [0, 0.1) is 5.41 Å². The quantitative estimate of drug-likeness (QED) is 0.487. The molecule has 76 valence electrons. The Hall–Kier alpha value is -0.860. The van der Waals surface area contributed by atoms with Gasteiger partial charge in [0.05, 0.1) is 6.61 Å². The first kappa shape index (κ1) is 12.1. The van der Waals surface area contributed by atoms with Gasteiger partial charge in [0.25, 0.3) is 0 Å². The summed E-state index contributed by atoms with van der Waals surface area (Å²) in [6.45, 7) is 7.85. The summed E-state index contributed by atoms with van der Waals surface area (Å²) < 4.78 is 4.95. The highest BCUT2D eigenvalue weighted by molar-refractivity contribution is 5.94. The van der Waals surface area contributed by atoms with E-state index in [9.17, 15) is 9.59 Å². The summed E-state index contributed by atoms with van der Waals surface area (Å²) in [4.78, 5) is 21.5. The highest BCUT2D eigenvalue weighted by Gasteiger charge is 2.18. The lowest BCUT2D eigenvalue weighted by molar-refractivity contribution is -0.148. The largest absolute Gasteiger partial charge is 0.465 e. The van der Waals surface area contributed by atoms with Gasteiger partial charge in [-0.1, -0.05) is 20.8 Å². The number of rotatable bonds is 5. The molecule has 0 aromatic rings. The number of ether oxygens (including phenoxy) is 1. The second kappa shape index (κ2) is 5.00. The van der Waals surface area contributed by atoms with Crippen molar-refractivity contribution in [3.8, 4) is 0 Å². The molecule has 0 saturated carbocycles. The van der Waals surface area contributed by atoms with E-state index in [4.69, 9.17) is 4.74 Å². The fourth-order valence-electron chi connectivity index (χ4n) is 0.632. The highest BCUT2D eigenvalue weighted by atomic mass is 16.5. The Morgan fingerprint density at radius 1 is 1.31 bits per heavy atom. The van der Waals surface area contributed by atoms with Crippen LogP contribution in [0.15, 0.2) is 0 Å². The minimum absolute atomic E-state index is 0.00640. The van der Waals surface area contributed by atoms with Gasteiger partial charge in [-0.2, -0.15) is 0 Å². The number of carbonyl (C=O) groups is 2. The molecule has 0 spiro atoms. The smallest absolute Gasteiger partial charge is 0.313 e. The minimum atomic E-state index is -0.422. The van der Waals surface area contributed by atoms with E-state index in [1.54, 1.807) is 0 Å². The molecule has 3 nitrogen and oxygen atoms in total. The topological polar surface area (TPSA) is 43.4 Å². The number of carbonyl (C=O) groups excluding carboxylic acids is 2. The Kier molecular flexibility index (Phi) is 4.67. The first-order chi connectivity index (χ1) is 5.87. The first-order valence-electron chi connectivity index (χ1n) is 4.52. The molecule has 0 heterocycles. The molecule has 0 aliphatic carbocycles. The van der Waals surface area contributed by atoms with Crippen LogP contribution in [-0.2, 0) is 14.3 Å². The number of hydrogen-bond acceptors (Lipinski definition) is 3. The molecule has 0 unspecified atom stereocenters. The molecule has 0 bridgehead atoms. The van der Waals surface area contributed by atoms with E-state index >= 15 is 0 Å². The number of ketones is 1. The molecule has 0 aromatic carbocycles. The minimum Gasteiger partial charge on any atom is -0.465 e. The Bertz CT molecular complexity index is 194. The SMILES string of the molecule is CCC(C)(C)COC(=O)CC(C)=O. The van der Waals surface area contributed by atoms with Crippen molar-refractivity contribution >= 4 is 11.8 Å². The summed E-state index contributed by atoms with van der Waals surface area (Å²) in [7, 11) is 0. The fourth-order valence-corrected chi connectivity index (χ4v) is 0.632. The van der Waals surface area contributed by atoms with Gasteiger partial charge in [0.1, 0.15) is 12.2 Å². The van der Waals surface area contributed by atoms with Gasteiger partial charge in [0.15, 0.2) is 0 Å². The van der Waals surface area contributed by atoms with Crippen LogP contribution in [0.4, 0.5) is 0 Å². The van der Waals surface area contributed by atoms with Gasteiger partial charge in [-0.05, 0) is 18.8 Å². The predicted octanol–water partition coefficient (Wildman–Crippen LogP) is 1.94. The van der Waals surface area contributed by atoms with Crippen LogP contribution in [0.5, 0.6) is 0 Å². The molecule has 0 atom stereocenters. The van der Waals surface area contributed by atoms with E-state index < -0.39 is 5.97 Å². The van der Waals surface area contributed by atoms with Crippen LogP contribution < -0.4 is 0 Å². The van der Waals surface area contributed by atoms with E-state index in [1.165, 1.54) is 6.92 Å². The van der Waals surface area contributed by atoms with Gasteiger partial charge in [0.2, 0.25) is 0 Å². The monoisotopic (exact) mass is 186 g/mol. The molecule has 0 aromatic heterocycles. The zero-order chi connectivity index (χ0) is 10.5. The molecule has 0 aliphatic rings. The molecule has 0 radical (unpaired) electrons. The van der Waals surface area contributed by atoms with E-state index in [-0.39, 0.29) is 17.6 Å². The lowest BCUT2D eigenvalue weighted by Crippen LogP contribution is -2.21. The molecule has 0 amide bonds. The predicted molar refractivity (Wildman–Crippen MR) is 50.3 cm³/mol. The first-order valence-corrected chi connectivity index (χ1v) is 4.52. The molecule has 13 heavy (non-hydrogen) atoms. The summed E-state index contributed by atoms with van der Waals surface area (Å²) in [6.07, 6.45) is 0.833. The second-order valence-electron chi connectivity index (χ2n) is 4.06. The van der Waals surface area contributed by atoms with Crippen molar-refractivity contribution in [3.05, 3.63) is 0 Å². The van der Waals surface area contributed by atoms with Crippen LogP contribution in [0.3, 0.4) is 0 Å². The van der Waals surface area contributed by atoms with Crippen molar-refractivity contribution in [2.45, 2.75) is 40.5 Å². The van der Waals surface area contributed by atoms with Crippen molar-refractivity contribution < 1.29 is 14.3 Å². The normalized spacial score (nSPS) is 11.1. The van der Waals surface area contributed by atoms with Crippen molar-refractivity contribution in [1.82, 2.24) is 0 Å². The summed E-state index contributed by atoms with van der Waals surface area (Å²) in [5.74, 6) is -0.576. The standard InChI is InChI=1S/C10H18O3/c1-5-10(3,4)7-13-9(12)6-8(2)11/h5-7H2,1-4H3. The third-order valence-electron chi connectivity index (χ3n) is 1.97. The van der Waals surface area contributed by atoms with Crippen molar-refractivity contribution in [1.29, 1.82) is 0 Å². The van der Waals surface area contributed by atoms with Crippen LogP contribution in [0.2, 0.25) is 0 Å². The van der Waals surface area contributed by atoms with Gasteiger partial charge in [0, 0.05) is 0 Å². The van der Waals surface area contributed by atoms with Gasteiger partial charge >= 0.3 is 5.97 Å². The zero-order valence-electron chi connectivity index (χ0n) is 8.85. The van der Waals surface area contributed by atoms with Crippen LogP contribution in [0.1, 0.15) is 40.5 Å². The molecular formula is C10H18O3. The van der Waals surface area contributed by atoms with E-state index in [0.717, 1.165) is 6.42 Å². The Morgan fingerprint density at radius 3 is 2.23 bits per heavy atom. The third kappa shape index (κ3) is 6.31. The Labute approximate surface area is 79.5 Å². The van der Waals surface area contributed by atoms with Crippen LogP contribution in [0.25, 0.3) is 0 Å². The van der Waals surface area contributed by atoms with Crippen LogP contribution in [-0.4, -0.2) is 18.4 Å². The van der Waals surface area contributed by atoms with Crippen molar-refractivity contribution in [2.24, 2.45) is 5.41 Å². The van der Waals surface area contributed by atoms with E-state index in [0.29, 0.717) is 6.61 Å². The summed E-state index contributed by atoms with van der Waals surface area (Å²) in [5, 5.41) is 0. The molecule has 0 aliphatic heterocycles. The molecular weight excluding hydrogens is 168 g/mol. The third-order valence-corrected chi connectivity index (χ3v) is 1.97. The fraction of sp³-hybridized carbons (Fsp3) is 0.800. The van der Waals surface area contributed by atoms with Crippen molar-refractivity contribution in [2.75, 3.05) is 6.61 Å². The zero-order valence-corrected chi connectivity index (χ0v) is 8.85. The number of esters is 1. The molecule has 0 rings (SSSR count). The lowest BCUT2D eigenvalue weighted by atomic mass is 9.92. The average molecular weight is 186 g/mol. The maximum absolute atomic E-state index is 11.0. The van der Waals surface area contributed by atoms with Crippen LogP contribution >= 0.6 is 0 Å². The van der Waals surface area contributed by atoms with Gasteiger partial charge < -0.3 is 4.74 Å². The average Bonchev–Trinajstić information content (AvgIpc) is 2.00. The maximum Gasteiger partial charge on any atom is 0.313 e. The Morgan fingerprint density at radius 2 is 1.85 bits per heavy atom. The molecule has 3 heteroatoms. The summed E-state index contributed by atoms with van der Waals surface area (Å²) >= 11 is 0. The summed E-state index contributed by atoms with van der Waals surface area (Å²) in [6, 6.07) is 0. The second-order valence-corrected chi connectivity index (χ2v) is 4.06. The van der Waals surface area contributed by atoms with Crippen molar-refractivity contribution in [3.63, 3.8) is 0 Å². The molecule has 0 fully saturated rings.